The summed E-state index contributed by atoms with van der Waals surface area (Å²) >= 11 is 0. The van der Waals surface area contributed by atoms with Crippen molar-refractivity contribution in [2.45, 2.75) is 26.3 Å². The average molecular weight is 332 g/mol. The molecule has 1 fully saturated rings. The van der Waals surface area contributed by atoms with Gasteiger partial charge >= 0.3 is 0 Å². The van der Waals surface area contributed by atoms with Gasteiger partial charge in [-0.1, -0.05) is 20.3 Å². The van der Waals surface area contributed by atoms with Crippen LogP contribution in [0.25, 0.3) is 0 Å². The average Bonchev–Trinajstić information content (AvgIpc) is 2.58. The molecule has 0 saturated carbocycles. The second kappa shape index (κ2) is 12.7. The van der Waals surface area contributed by atoms with Gasteiger partial charge in [-0.05, 0) is 5.92 Å². The molecule has 1 saturated heterocycles. The Morgan fingerprint density at radius 3 is 1.70 bits per heavy atom. The molecule has 0 aromatic heterocycles. The van der Waals surface area contributed by atoms with Gasteiger partial charge in [0.2, 0.25) is 5.91 Å². The number of hydrogen-bond acceptors (Lipinski definition) is 6. The van der Waals surface area contributed by atoms with Crippen LogP contribution in [0.5, 0.6) is 0 Å². The van der Waals surface area contributed by atoms with Crippen LogP contribution < -0.4 is 5.73 Å². The highest BCUT2D eigenvalue weighted by molar-refractivity contribution is 5.82. The van der Waals surface area contributed by atoms with Crippen molar-refractivity contribution in [3.05, 3.63) is 0 Å². The predicted octanol–water partition coefficient (Wildman–Crippen LogP) is 0.268. The molecule has 1 rings (SSSR count). The summed E-state index contributed by atoms with van der Waals surface area (Å²) in [6.07, 6.45) is 0.877. The largest absolute Gasteiger partial charge is 0.377 e. The summed E-state index contributed by atoms with van der Waals surface area (Å²) in [7, 11) is 0. The molecule has 0 unspecified atom stereocenters. The molecule has 1 aliphatic heterocycles. The number of rotatable bonds is 3. The van der Waals surface area contributed by atoms with Crippen LogP contribution >= 0.6 is 0 Å². The second-order valence-corrected chi connectivity index (χ2v) is 5.69. The highest BCUT2D eigenvalue weighted by Crippen LogP contribution is 2.08. The normalized spacial score (nSPS) is 22.7. The Hall–Kier alpha value is -0.730. The summed E-state index contributed by atoms with van der Waals surface area (Å²) in [5.74, 6) is 0.117. The summed E-state index contributed by atoms with van der Waals surface area (Å²) in [5, 5.41) is 0. The van der Waals surface area contributed by atoms with E-state index in [-0.39, 0.29) is 11.8 Å². The van der Waals surface area contributed by atoms with Crippen LogP contribution in [0.15, 0.2) is 0 Å². The Kier molecular flexibility index (Phi) is 11.2. The van der Waals surface area contributed by atoms with Crippen LogP contribution in [-0.4, -0.2) is 82.8 Å². The van der Waals surface area contributed by atoms with Gasteiger partial charge in [-0.15, -0.1) is 0 Å². The van der Waals surface area contributed by atoms with Crippen molar-refractivity contribution in [2.75, 3.05) is 65.9 Å². The molecule has 1 aliphatic rings. The first-order chi connectivity index (χ1) is 11.2. The van der Waals surface area contributed by atoms with Gasteiger partial charge in [-0.3, -0.25) is 4.79 Å². The number of nitrogens with two attached hydrogens (primary N) is 1. The van der Waals surface area contributed by atoms with Crippen molar-refractivity contribution in [1.29, 1.82) is 0 Å². The number of hydrogen-bond donors (Lipinski definition) is 1. The molecular weight excluding hydrogens is 300 g/mol. The Balaban J connectivity index is 2.49. The van der Waals surface area contributed by atoms with Crippen molar-refractivity contribution >= 4 is 5.91 Å². The zero-order valence-corrected chi connectivity index (χ0v) is 14.5. The number of ether oxygens (including phenoxy) is 4. The third-order valence-electron chi connectivity index (χ3n) is 3.98. The van der Waals surface area contributed by atoms with Crippen molar-refractivity contribution in [3.8, 4) is 0 Å². The third kappa shape index (κ3) is 8.62. The number of amides is 1. The molecule has 7 heteroatoms. The molecule has 0 radical (unpaired) electrons. The van der Waals surface area contributed by atoms with Crippen molar-refractivity contribution in [3.63, 3.8) is 0 Å². The monoisotopic (exact) mass is 332 g/mol. The summed E-state index contributed by atoms with van der Waals surface area (Å²) < 4.78 is 21.8. The fourth-order valence-corrected chi connectivity index (χ4v) is 2.15. The highest BCUT2D eigenvalue weighted by atomic mass is 16.6. The Bertz CT molecular complexity index is 301. The van der Waals surface area contributed by atoms with E-state index in [1.807, 2.05) is 13.8 Å². The summed E-state index contributed by atoms with van der Waals surface area (Å²) in [6.45, 7) is 9.19. The Morgan fingerprint density at radius 2 is 1.30 bits per heavy atom. The first-order valence-electron chi connectivity index (χ1n) is 8.52. The summed E-state index contributed by atoms with van der Waals surface area (Å²) in [4.78, 5) is 14.3. The third-order valence-corrected chi connectivity index (χ3v) is 3.98. The fourth-order valence-electron chi connectivity index (χ4n) is 2.15. The molecule has 1 amide bonds. The van der Waals surface area contributed by atoms with Gasteiger partial charge < -0.3 is 29.6 Å². The maximum absolute atomic E-state index is 12.5. The Morgan fingerprint density at radius 1 is 0.913 bits per heavy atom. The van der Waals surface area contributed by atoms with Crippen molar-refractivity contribution in [1.82, 2.24) is 4.90 Å². The maximum Gasteiger partial charge on any atom is 0.239 e. The zero-order valence-electron chi connectivity index (χ0n) is 14.5. The van der Waals surface area contributed by atoms with Gasteiger partial charge in [0.25, 0.3) is 0 Å². The van der Waals surface area contributed by atoms with E-state index in [4.69, 9.17) is 24.7 Å². The minimum atomic E-state index is -0.478. The molecule has 1 heterocycles. The molecule has 0 aliphatic carbocycles. The van der Waals surface area contributed by atoms with Gasteiger partial charge in [0.15, 0.2) is 0 Å². The van der Waals surface area contributed by atoms with E-state index in [1.54, 1.807) is 4.90 Å². The van der Waals surface area contributed by atoms with E-state index in [0.717, 1.165) is 6.42 Å². The lowest BCUT2D eigenvalue weighted by atomic mass is 9.99. The maximum atomic E-state index is 12.5. The van der Waals surface area contributed by atoms with E-state index < -0.39 is 6.04 Å². The van der Waals surface area contributed by atoms with Crippen LogP contribution in [0, 0.1) is 5.92 Å². The molecule has 0 bridgehead atoms. The van der Waals surface area contributed by atoms with Crippen LogP contribution in [-0.2, 0) is 23.7 Å². The fraction of sp³-hybridized carbons (Fsp3) is 0.938. The van der Waals surface area contributed by atoms with Crippen LogP contribution in [0.1, 0.15) is 20.3 Å². The zero-order chi connectivity index (χ0) is 16.9. The molecule has 0 aromatic carbocycles. The minimum Gasteiger partial charge on any atom is -0.377 e. The molecular formula is C16H32N2O5. The topological polar surface area (TPSA) is 83.3 Å². The number of carbonyl (C=O) groups is 1. The van der Waals surface area contributed by atoms with E-state index in [9.17, 15) is 4.79 Å². The molecule has 2 atom stereocenters. The van der Waals surface area contributed by atoms with Crippen LogP contribution in [0.4, 0.5) is 0 Å². The quantitative estimate of drug-likeness (QED) is 0.799. The lowest BCUT2D eigenvalue weighted by Gasteiger charge is -2.28. The molecule has 2 N–H and O–H groups in total. The van der Waals surface area contributed by atoms with Gasteiger partial charge in [0.05, 0.1) is 58.9 Å². The molecule has 0 aromatic rings. The predicted molar refractivity (Wildman–Crippen MR) is 87.3 cm³/mol. The van der Waals surface area contributed by atoms with Crippen LogP contribution in [0.2, 0.25) is 0 Å². The van der Waals surface area contributed by atoms with Crippen LogP contribution in [0.3, 0.4) is 0 Å². The van der Waals surface area contributed by atoms with E-state index in [1.165, 1.54) is 0 Å². The first-order valence-corrected chi connectivity index (χ1v) is 8.52. The van der Waals surface area contributed by atoms with Gasteiger partial charge in [0.1, 0.15) is 0 Å². The molecule has 0 spiro atoms. The van der Waals surface area contributed by atoms with Gasteiger partial charge in [0, 0.05) is 13.1 Å². The smallest absolute Gasteiger partial charge is 0.239 e. The van der Waals surface area contributed by atoms with Crippen molar-refractivity contribution < 1.29 is 23.7 Å². The van der Waals surface area contributed by atoms with E-state index >= 15 is 0 Å². The number of nitrogens with zero attached hydrogens (tertiary/aromatic N) is 1. The van der Waals surface area contributed by atoms with E-state index in [0.29, 0.717) is 65.9 Å². The lowest BCUT2D eigenvalue weighted by Crippen LogP contribution is -2.49. The SMILES string of the molecule is CC[C@@H](C)[C@@H](N)C(=O)N1CCOCCOCCOCCOCC1. The van der Waals surface area contributed by atoms with Gasteiger partial charge in [-0.2, -0.15) is 0 Å². The summed E-state index contributed by atoms with van der Waals surface area (Å²) in [6, 6.07) is -0.478. The molecule has 136 valence electrons. The summed E-state index contributed by atoms with van der Waals surface area (Å²) in [5.41, 5.74) is 6.07. The minimum absolute atomic E-state index is 0.0385. The first kappa shape index (κ1) is 20.3. The van der Waals surface area contributed by atoms with E-state index in [2.05, 4.69) is 0 Å². The standard InChI is InChI=1S/C16H32N2O5/c1-3-14(2)15(17)16(19)18-4-6-20-8-10-22-12-13-23-11-9-21-7-5-18/h14-15H,3-13,17H2,1-2H3/t14-,15-/m1/s1. The number of carbonyl (C=O) groups excluding carboxylic acids is 1. The lowest BCUT2D eigenvalue weighted by molar-refractivity contribution is -0.135. The highest BCUT2D eigenvalue weighted by Gasteiger charge is 2.24. The molecule has 23 heavy (non-hydrogen) atoms. The second-order valence-electron chi connectivity index (χ2n) is 5.69. The van der Waals surface area contributed by atoms with Crippen molar-refractivity contribution in [2.24, 2.45) is 11.7 Å². The Labute approximate surface area is 139 Å². The van der Waals surface area contributed by atoms with Gasteiger partial charge in [-0.25, -0.2) is 0 Å². The molecule has 7 nitrogen and oxygen atoms in total.